The van der Waals surface area contributed by atoms with Crippen LogP contribution in [0.5, 0.6) is 0 Å². The Morgan fingerprint density at radius 3 is 2.56 bits per heavy atom. The molecule has 0 aliphatic heterocycles. The summed E-state index contributed by atoms with van der Waals surface area (Å²) in [5, 5.41) is 2.71. The Balaban J connectivity index is 2.70. The number of hydrogen-bond donors (Lipinski definition) is 2. The van der Waals surface area contributed by atoms with Crippen molar-refractivity contribution in [3.63, 3.8) is 0 Å². The van der Waals surface area contributed by atoms with Crippen LogP contribution in [0.1, 0.15) is 31.8 Å². The Hall–Kier alpha value is -1.49. The highest BCUT2D eigenvalue weighted by atomic mass is 16.1. The second kappa shape index (κ2) is 4.57. The molecular formula is C11H18N4O. The van der Waals surface area contributed by atoms with Crippen LogP contribution in [-0.4, -0.2) is 21.4 Å². The van der Waals surface area contributed by atoms with Gasteiger partial charge in [0.15, 0.2) is 0 Å². The summed E-state index contributed by atoms with van der Waals surface area (Å²) in [6.07, 6.45) is 0.259. The summed E-state index contributed by atoms with van der Waals surface area (Å²) in [4.78, 5) is 19.8. The molecule has 3 N–H and O–H groups in total. The van der Waals surface area contributed by atoms with Crippen molar-refractivity contribution in [3.05, 3.63) is 17.6 Å². The highest BCUT2D eigenvalue weighted by molar-refractivity contribution is 5.90. The minimum atomic E-state index is -0.513. The largest absolute Gasteiger partial charge is 0.325 e. The quantitative estimate of drug-likeness (QED) is 0.804. The van der Waals surface area contributed by atoms with E-state index in [0.29, 0.717) is 11.6 Å². The van der Waals surface area contributed by atoms with Crippen molar-refractivity contribution in [2.24, 2.45) is 5.73 Å². The van der Waals surface area contributed by atoms with E-state index >= 15 is 0 Å². The van der Waals surface area contributed by atoms with Gasteiger partial charge in [0.2, 0.25) is 5.91 Å². The maximum Gasteiger partial charge on any atom is 0.227 e. The number of nitrogens with two attached hydrogens (primary N) is 1. The van der Waals surface area contributed by atoms with Crippen molar-refractivity contribution in [1.29, 1.82) is 0 Å². The summed E-state index contributed by atoms with van der Waals surface area (Å²) in [6.45, 7) is 7.26. The highest BCUT2D eigenvalue weighted by Gasteiger charge is 2.16. The van der Waals surface area contributed by atoms with Crippen LogP contribution in [0.15, 0.2) is 6.07 Å². The first-order chi connectivity index (χ1) is 7.26. The molecular weight excluding hydrogens is 204 g/mol. The van der Waals surface area contributed by atoms with Gasteiger partial charge in [0.25, 0.3) is 0 Å². The predicted molar refractivity (Wildman–Crippen MR) is 63.0 cm³/mol. The first-order valence-corrected chi connectivity index (χ1v) is 5.17. The van der Waals surface area contributed by atoms with Crippen molar-refractivity contribution in [2.75, 3.05) is 5.32 Å². The molecule has 0 spiro atoms. The van der Waals surface area contributed by atoms with Gasteiger partial charge in [0, 0.05) is 23.7 Å². The van der Waals surface area contributed by atoms with Crippen LogP contribution < -0.4 is 11.1 Å². The Morgan fingerprint density at radius 1 is 1.44 bits per heavy atom. The molecule has 0 saturated heterocycles. The van der Waals surface area contributed by atoms with Crippen molar-refractivity contribution >= 4 is 11.7 Å². The number of carbonyl (C=O) groups excluding carboxylic acids is 1. The Morgan fingerprint density at radius 2 is 2.06 bits per heavy atom. The standard InChI is InChI=1S/C11H18N4O/c1-7-5-9(14-8(2)13-7)15-10(16)6-11(3,4)12/h5H,6,12H2,1-4H3,(H,13,14,15,16). The Kier molecular flexibility index (Phi) is 3.59. The molecule has 0 unspecified atom stereocenters. The average Bonchev–Trinajstić information content (AvgIpc) is 1.96. The summed E-state index contributed by atoms with van der Waals surface area (Å²) in [5.74, 6) is 1.03. The van der Waals surface area contributed by atoms with E-state index in [1.165, 1.54) is 0 Å². The summed E-state index contributed by atoms with van der Waals surface area (Å²) in [7, 11) is 0. The number of amides is 1. The summed E-state index contributed by atoms with van der Waals surface area (Å²) in [6, 6.07) is 1.73. The molecule has 0 aliphatic rings. The number of nitrogens with one attached hydrogen (secondary N) is 1. The highest BCUT2D eigenvalue weighted by Crippen LogP contribution is 2.09. The molecule has 16 heavy (non-hydrogen) atoms. The maximum atomic E-state index is 11.6. The Bertz CT molecular complexity index is 375. The van der Waals surface area contributed by atoms with E-state index in [4.69, 9.17) is 5.73 Å². The fourth-order valence-corrected chi connectivity index (χ4v) is 1.38. The third-order valence-electron chi connectivity index (χ3n) is 1.85. The Labute approximate surface area is 95.5 Å². The van der Waals surface area contributed by atoms with Gasteiger partial charge in [-0.05, 0) is 27.7 Å². The molecule has 0 bridgehead atoms. The van der Waals surface area contributed by atoms with Gasteiger partial charge in [-0.15, -0.1) is 0 Å². The molecule has 5 heteroatoms. The number of rotatable bonds is 3. The van der Waals surface area contributed by atoms with Crippen LogP contribution in [0.2, 0.25) is 0 Å². The lowest BCUT2D eigenvalue weighted by Crippen LogP contribution is -2.36. The van der Waals surface area contributed by atoms with Crippen LogP contribution in [-0.2, 0) is 4.79 Å². The van der Waals surface area contributed by atoms with E-state index in [1.54, 1.807) is 13.0 Å². The smallest absolute Gasteiger partial charge is 0.227 e. The first-order valence-electron chi connectivity index (χ1n) is 5.17. The second-order valence-electron chi connectivity index (χ2n) is 4.66. The van der Waals surface area contributed by atoms with Gasteiger partial charge in [0.05, 0.1) is 0 Å². The molecule has 1 aromatic heterocycles. The molecule has 0 radical (unpaired) electrons. The number of hydrogen-bond acceptors (Lipinski definition) is 4. The fraction of sp³-hybridized carbons (Fsp3) is 0.545. The van der Waals surface area contributed by atoms with Crippen LogP contribution in [0, 0.1) is 13.8 Å². The minimum absolute atomic E-state index is 0.134. The summed E-state index contributed by atoms with van der Waals surface area (Å²) >= 11 is 0. The molecule has 0 atom stereocenters. The molecule has 1 aromatic rings. The molecule has 1 amide bonds. The second-order valence-corrected chi connectivity index (χ2v) is 4.66. The lowest BCUT2D eigenvalue weighted by Gasteiger charge is -2.17. The average molecular weight is 222 g/mol. The number of aryl methyl sites for hydroxylation is 2. The van der Waals surface area contributed by atoms with Crippen LogP contribution >= 0.6 is 0 Å². The minimum Gasteiger partial charge on any atom is -0.325 e. The van der Waals surface area contributed by atoms with E-state index in [9.17, 15) is 4.79 Å². The van der Waals surface area contributed by atoms with Gasteiger partial charge in [-0.3, -0.25) is 4.79 Å². The summed E-state index contributed by atoms with van der Waals surface area (Å²) < 4.78 is 0. The van der Waals surface area contributed by atoms with Gasteiger partial charge < -0.3 is 11.1 Å². The number of nitrogens with zero attached hydrogens (tertiary/aromatic N) is 2. The van der Waals surface area contributed by atoms with Gasteiger partial charge in [-0.25, -0.2) is 9.97 Å². The number of aromatic nitrogens is 2. The predicted octanol–water partition coefficient (Wildman–Crippen LogP) is 1.16. The van der Waals surface area contributed by atoms with Crippen molar-refractivity contribution < 1.29 is 4.79 Å². The van der Waals surface area contributed by atoms with Gasteiger partial charge >= 0.3 is 0 Å². The molecule has 5 nitrogen and oxygen atoms in total. The van der Waals surface area contributed by atoms with E-state index in [1.807, 2.05) is 20.8 Å². The summed E-state index contributed by atoms with van der Waals surface area (Å²) in [5.41, 5.74) is 6.07. The third-order valence-corrected chi connectivity index (χ3v) is 1.85. The first kappa shape index (κ1) is 12.6. The van der Waals surface area contributed by atoms with Gasteiger partial charge in [-0.1, -0.05) is 0 Å². The number of anilines is 1. The lowest BCUT2D eigenvalue weighted by atomic mass is 10.0. The third kappa shape index (κ3) is 4.35. The van der Waals surface area contributed by atoms with Crippen LogP contribution in [0.25, 0.3) is 0 Å². The van der Waals surface area contributed by atoms with Crippen LogP contribution in [0.4, 0.5) is 5.82 Å². The lowest BCUT2D eigenvalue weighted by molar-refractivity contribution is -0.117. The van der Waals surface area contributed by atoms with Crippen molar-refractivity contribution in [1.82, 2.24) is 9.97 Å². The van der Waals surface area contributed by atoms with E-state index < -0.39 is 5.54 Å². The normalized spacial score (nSPS) is 11.3. The van der Waals surface area contributed by atoms with Gasteiger partial charge in [0.1, 0.15) is 11.6 Å². The van der Waals surface area contributed by atoms with E-state index in [0.717, 1.165) is 5.69 Å². The zero-order valence-electron chi connectivity index (χ0n) is 10.2. The molecule has 88 valence electrons. The zero-order valence-corrected chi connectivity index (χ0v) is 10.2. The topological polar surface area (TPSA) is 80.9 Å². The molecule has 0 saturated carbocycles. The van der Waals surface area contributed by atoms with Crippen molar-refractivity contribution in [2.45, 2.75) is 39.7 Å². The van der Waals surface area contributed by atoms with Crippen molar-refractivity contribution in [3.8, 4) is 0 Å². The van der Waals surface area contributed by atoms with E-state index in [2.05, 4.69) is 15.3 Å². The molecule has 0 fully saturated rings. The number of carbonyl (C=O) groups is 1. The monoisotopic (exact) mass is 222 g/mol. The molecule has 0 aromatic carbocycles. The van der Waals surface area contributed by atoms with E-state index in [-0.39, 0.29) is 12.3 Å². The molecule has 1 rings (SSSR count). The fourth-order valence-electron chi connectivity index (χ4n) is 1.38. The molecule has 0 aliphatic carbocycles. The van der Waals surface area contributed by atoms with Gasteiger partial charge in [-0.2, -0.15) is 0 Å². The maximum absolute atomic E-state index is 11.6. The molecule has 1 heterocycles. The SMILES string of the molecule is Cc1cc(NC(=O)CC(C)(C)N)nc(C)n1. The van der Waals surface area contributed by atoms with Crippen LogP contribution in [0.3, 0.4) is 0 Å². The zero-order chi connectivity index (χ0) is 12.3.